The summed E-state index contributed by atoms with van der Waals surface area (Å²) in [6.07, 6.45) is 7.32. The predicted octanol–water partition coefficient (Wildman–Crippen LogP) is 5.23. The highest BCUT2D eigenvalue weighted by Gasteiger charge is 2.46. The summed E-state index contributed by atoms with van der Waals surface area (Å²) in [5.41, 5.74) is 0.360. The van der Waals surface area contributed by atoms with Crippen molar-refractivity contribution in [3.8, 4) is 23.0 Å². The van der Waals surface area contributed by atoms with E-state index >= 15 is 0 Å². The van der Waals surface area contributed by atoms with Gasteiger partial charge in [0.25, 0.3) is 0 Å². The first-order valence-electron chi connectivity index (χ1n) is 12.4. The molecule has 0 aromatic heterocycles. The minimum absolute atomic E-state index is 0.00565. The number of ether oxygens (including phenoxy) is 5. The quantitative estimate of drug-likeness (QED) is 0.138. The van der Waals surface area contributed by atoms with Gasteiger partial charge in [0, 0.05) is 6.08 Å². The van der Waals surface area contributed by atoms with E-state index in [0.29, 0.717) is 23.3 Å². The lowest BCUT2D eigenvalue weighted by Crippen LogP contribution is -2.51. The van der Waals surface area contributed by atoms with E-state index in [4.69, 9.17) is 23.7 Å². The summed E-state index contributed by atoms with van der Waals surface area (Å²) in [5.74, 6) is -1.08. The van der Waals surface area contributed by atoms with Crippen molar-refractivity contribution in [2.45, 2.75) is 33.0 Å². The van der Waals surface area contributed by atoms with Crippen molar-refractivity contribution < 1.29 is 43.5 Å². The minimum Gasteiger partial charge on any atom is -0.508 e. The van der Waals surface area contributed by atoms with Crippen LogP contribution in [-0.2, 0) is 19.1 Å². The second kappa shape index (κ2) is 12.6. The fourth-order valence-electron chi connectivity index (χ4n) is 3.65. The molecular weight excluding hydrogens is 504 g/mol. The van der Waals surface area contributed by atoms with Gasteiger partial charge in [0.15, 0.2) is 34.6 Å². The van der Waals surface area contributed by atoms with E-state index in [-0.39, 0.29) is 36.2 Å². The summed E-state index contributed by atoms with van der Waals surface area (Å²) in [7, 11) is 2.89. The fourth-order valence-corrected chi connectivity index (χ4v) is 3.65. The number of phenolic OH excluding ortho intramolecular Hbond substituents is 1. The van der Waals surface area contributed by atoms with Crippen LogP contribution in [0.25, 0.3) is 12.2 Å². The summed E-state index contributed by atoms with van der Waals surface area (Å²) < 4.78 is 27.5. The number of hydrogen-bond donors (Lipinski definition) is 2. The van der Waals surface area contributed by atoms with E-state index in [2.05, 4.69) is 0 Å². The van der Waals surface area contributed by atoms with Gasteiger partial charge in [-0.3, -0.25) is 9.59 Å². The number of ketones is 1. The second-order valence-corrected chi connectivity index (χ2v) is 9.48. The van der Waals surface area contributed by atoms with E-state index in [9.17, 15) is 19.8 Å². The minimum atomic E-state index is -0.926. The number of carbonyl (C=O) groups is 2. The number of carbonyl (C=O) groups excluding carboxylic acids is 2. The average Bonchev–Trinajstić information content (AvgIpc) is 2.92. The Morgan fingerprint density at radius 3 is 2.13 bits per heavy atom. The Bertz CT molecular complexity index is 1280. The molecule has 0 radical (unpaired) electrons. The Hall–Kier alpha value is -4.08. The molecule has 2 aromatic rings. The van der Waals surface area contributed by atoms with Gasteiger partial charge < -0.3 is 33.9 Å². The van der Waals surface area contributed by atoms with E-state index in [1.165, 1.54) is 38.5 Å². The van der Waals surface area contributed by atoms with Crippen LogP contribution in [0.15, 0.2) is 60.4 Å². The first-order chi connectivity index (χ1) is 18.5. The fraction of sp³-hybridized carbons (Fsp3) is 0.333. The van der Waals surface area contributed by atoms with E-state index in [0.717, 1.165) is 6.08 Å². The highest BCUT2D eigenvalue weighted by atomic mass is 16.7. The standard InChI is InChI=1S/C30H34O9/c1-6-30(18-37-29(2,3)38-19-30)28(34)39-25-14-10-21(16-27(25)36-5)8-12-23(32)17-22(31)11-7-20-9-13-24(33)26(15-20)35-4/h7-17,32-33H,6,18-19H2,1-5H3/b11-7+,12-8+,23-17?. The van der Waals surface area contributed by atoms with Crippen LogP contribution >= 0.6 is 0 Å². The van der Waals surface area contributed by atoms with Crippen LogP contribution in [0.5, 0.6) is 23.0 Å². The van der Waals surface area contributed by atoms with Crippen molar-refractivity contribution in [3.63, 3.8) is 0 Å². The van der Waals surface area contributed by atoms with Crippen molar-refractivity contribution in [1.29, 1.82) is 0 Å². The van der Waals surface area contributed by atoms with Gasteiger partial charge in [-0.15, -0.1) is 0 Å². The summed E-state index contributed by atoms with van der Waals surface area (Å²) in [5, 5.41) is 19.8. The van der Waals surface area contributed by atoms with Crippen molar-refractivity contribution in [2.24, 2.45) is 5.41 Å². The molecule has 9 nitrogen and oxygen atoms in total. The van der Waals surface area contributed by atoms with Gasteiger partial charge in [-0.05, 0) is 67.8 Å². The van der Waals surface area contributed by atoms with Crippen molar-refractivity contribution >= 4 is 23.9 Å². The number of phenols is 1. The molecule has 208 valence electrons. The molecule has 2 aromatic carbocycles. The number of aliphatic hydroxyl groups is 1. The molecule has 0 bridgehead atoms. The third kappa shape index (κ3) is 7.72. The smallest absolute Gasteiger partial charge is 0.322 e. The molecular formula is C30H34O9. The number of rotatable bonds is 10. The van der Waals surface area contributed by atoms with Crippen LogP contribution in [0, 0.1) is 5.41 Å². The Balaban J connectivity index is 1.66. The third-order valence-corrected chi connectivity index (χ3v) is 6.27. The molecule has 0 atom stereocenters. The number of hydrogen-bond acceptors (Lipinski definition) is 9. The molecule has 0 saturated carbocycles. The van der Waals surface area contributed by atoms with Crippen LogP contribution in [-0.4, -0.2) is 55.2 Å². The molecule has 1 aliphatic heterocycles. The van der Waals surface area contributed by atoms with E-state index < -0.39 is 23.0 Å². The Morgan fingerprint density at radius 2 is 1.51 bits per heavy atom. The Morgan fingerprint density at radius 1 is 0.923 bits per heavy atom. The SMILES string of the molecule is CCC1(C(=O)Oc2ccc(/C=C/C(O)=CC(=O)/C=C/c3ccc(O)c(OC)c3)cc2OC)COC(C)(C)OC1. The monoisotopic (exact) mass is 538 g/mol. The maximum absolute atomic E-state index is 13.0. The van der Waals surface area contributed by atoms with Crippen LogP contribution in [0.3, 0.4) is 0 Å². The van der Waals surface area contributed by atoms with Gasteiger partial charge >= 0.3 is 5.97 Å². The molecule has 0 amide bonds. The summed E-state index contributed by atoms with van der Waals surface area (Å²) in [6.45, 7) is 5.83. The zero-order valence-electron chi connectivity index (χ0n) is 22.7. The van der Waals surface area contributed by atoms with Crippen LogP contribution in [0.2, 0.25) is 0 Å². The molecule has 3 rings (SSSR count). The van der Waals surface area contributed by atoms with Crippen molar-refractivity contribution in [2.75, 3.05) is 27.4 Å². The van der Waals surface area contributed by atoms with Crippen LogP contribution in [0.1, 0.15) is 38.3 Å². The Labute approximate surface area is 227 Å². The maximum atomic E-state index is 13.0. The first kappa shape index (κ1) is 29.5. The second-order valence-electron chi connectivity index (χ2n) is 9.48. The Kier molecular flexibility index (Phi) is 9.56. The average molecular weight is 539 g/mol. The lowest BCUT2D eigenvalue weighted by atomic mass is 9.86. The predicted molar refractivity (Wildman–Crippen MR) is 146 cm³/mol. The largest absolute Gasteiger partial charge is 0.508 e. The molecule has 1 fully saturated rings. The summed E-state index contributed by atoms with van der Waals surface area (Å²) >= 11 is 0. The zero-order valence-corrected chi connectivity index (χ0v) is 22.7. The number of methoxy groups -OCH3 is 2. The summed E-state index contributed by atoms with van der Waals surface area (Å²) in [6, 6.07) is 9.58. The zero-order chi connectivity index (χ0) is 28.6. The third-order valence-electron chi connectivity index (χ3n) is 6.27. The highest BCUT2D eigenvalue weighted by Crippen LogP contribution is 2.36. The number of aromatic hydroxyl groups is 1. The topological polar surface area (TPSA) is 121 Å². The van der Waals surface area contributed by atoms with Gasteiger partial charge in [0.2, 0.25) is 0 Å². The lowest BCUT2D eigenvalue weighted by molar-refractivity contribution is -0.283. The molecule has 0 spiro atoms. The maximum Gasteiger partial charge on any atom is 0.322 e. The van der Waals surface area contributed by atoms with Crippen LogP contribution < -0.4 is 14.2 Å². The number of esters is 1. The van der Waals surface area contributed by atoms with Crippen molar-refractivity contribution in [3.05, 3.63) is 71.5 Å². The van der Waals surface area contributed by atoms with Gasteiger partial charge in [0.1, 0.15) is 11.2 Å². The molecule has 1 aliphatic rings. The first-order valence-corrected chi connectivity index (χ1v) is 12.4. The van der Waals surface area contributed by atoms with Crippen LogP contribution in [0.4, 0.5) is 0 Å². The van der Waals surface area contributed by atoms with Gasteiger partial charge in [-0.2, -0.15) is 0 Å². The number of benzene rings is 2. The number of aliphatic hydroxyl groups excluding tert-OH is 1. The molecule has 0 aliphatic carbocycles. The van der Waals surface area contributed by atoms with Gasteiger partial charge in [-0.25, -0.2) is 0 Å². The van der Waals surface area contributed by atoms with Gasteiger partial charge in [-0.1, -0.05) is 31.2 Å². The van der Waals surface area contributed by atoms with E-state index in [1.54, 1.807) is 50.3 Å². The normalized spacial score (nSPS) is 16.8. The molecule has 1 saturated heterocycles. The van der Waals surface area contributed by atoms with Gasteiger partial charge in [0.05, 0.1) is 27.4 Å². The molecule has 0 unspecified atom stereocenters. The summed E-state index contributed by atoms with van der Waals surface area (Å²) in [4.78, 5) is 25.2. The lowest BCUT2D eigenvalue weighted by Gasteiger charge is -2.41. The number of allylic oxidation sites excluding steroid dienone is 3. The molecule has 1 heterocycles. The van der Waals surface area contributed by atoms with Crippen molar-refractivity contribution in [1.82, 2.24) is 0 Å². The molecule has 39 heavy (non-hydrogen) atoms. The van der Waals surface area contributed by atoms with E-state index in [1.807, 2.05) is 6.92 Å². The molecule has 2 N–H and O–H groups in total. The molecule has 9 heteroatoms. The highest BCUT2D eigenvalue weighted by molar-refractivity contribution is 6.02.